The summed E-state index contributed by atoms with van der Waals surface area (Å²) in [5, 5.41) is 0.764. The zero-order valence-electron chi connectivity index (χ0n) is 6.82. The molecule has 2 bridgehead atoms. The number of carbonyl (C=O) groups excluding carboxylic acids is 1. The van der Waals surface area contributed by atoms with Crippen LogP contribution in [0, 0.1) is 0 Å². The van der Waals surface area contributed by atoms with Crippen LogP contribution in [0.4, 0.5) is 0 Å². The first-order valence-corrected chi connectivity index (χ1v) is 5.19. The molecule has 0 radical (unpaired) electrons. The molecule has 2 saturated heterocycles. The van der Waals surface area contributed by atoms with E-state index in [1.807, 2.05) is 11.8 Å². The molecule has 0 aliphatic carbocycles. The summed E-state index contributed by atoms with van der Waals surface area (Å²) in [7, 11) is 0. The van der Waals surface area contributed by atoms with Crippen LogP contribution < -0.4 is 11.3 Å². The summed E-state index contributed by atoms with van der Waals surface area (Å²) in [4.78, 5) is 13.2. The molecule has 2 atom stereocenters. The van der Waals surface area contributed by atoms with E-state index in [4.69, 9.17) is 5.84 Å². The highest BCUT2D eigenvalue weighted by Crippen LogP contribution is 2.36. The predicted molar refractivity (Wildman–Crippen MR) is 48.6 cm³/mol. The summed E-state index contributed by atoms with van der Waals surface area (Å²) < 4.78 is 0. The van der Waals surface area contributed by atoms with Crippen LogP contribution in [0.25, 0.3) is 0 Å². The van der Waals surface area contributed by atoms with Crippen molar-refractivity contribution < 1.29 is 4.79 Å². The van der Waals surface area contributed by atoms with Gasteiger partial charge in [-0.2, -0.15) is 11.8 Å². The van der Waals surface area contributed by atoms with Gasteiger partial charge in [-0.3, -0.25) is 15.1 Å². The third kappa shape index (κ3) is 1.44. The Labute approximate surface area is 75.8 Å². The number of hydrogen-bond donors (Lipinski definition) is 2. The molecule has 2 aliphatic rings. The highest BCUT2D eigenvalue weighted by molar-refractivity contribution is 8.00. The van der Waals surface area contributed by atoms with E-state index in [1.165, 1.54) is 12.2 Å². The lowest BCUT2D eigenvalue weighted by Gasteiger charge is -2.24. The first-order valence-electron chi connectivity index (χ1n) is 4.14. The normalized spacial score (nSPS) is 34.1. The molecule has 0 spiro atoms. The second kappa shape index (κ2) is 3.24. The van der Waals surface area contributed by atoms with E-state index >= 15 is 0 Å². The van der Waals surface area contributed by atoms with Gasteiger partial charge in [0.1, 0.15) is 0 Å². The topological polar surface area (TPSA) is 58.4 Å². The molecule has 2 rings (SSSR count). The molecular weight excluding hydrogens is 174 g/mol. The molecule has 0 aromatic carbocycles. The summed E-state index contributed by atoms with van der Waals surface area (Å²) >= 11 is 2.03. The first kappa shape index (κ1) is 8.34. The third-order valence-electron chi connectivity index (χ3n) is 2.52. The van der Waals surface area contributed by atoms with Crippen molar-refractivity contribution in [3.8, 4) is 0 Å². The van der Waals surface area contributed by atoms with E-state index in [-0.39, 0.29) is 5.91 Å². The van der Waals surface area contributed by atoms with Crippen molar-refractivity contribution in [3.05, 3.63) is 0 Å². The Bertz CT molecular complexity index is 199. The average molecular weight is 187 g/mol. The van der Waals surface area contributed by atoms with Gasteiger partial charge in [-0.1, -0.05) is 0 Å². The monoisotopic (exact) mass is 187 g/mol. The van der Waals surface area contributed by atoms with Crippen molar-refractivity contribution in [2.24, 2.45) is 5.84 Å². The highest BCUT2D eigenvalue weighted by atomic mass is 32.2. The largest absolute Gasteiger partial charge is 0.293 e. The standard InChI is InChI=1S/C7H13N3OS/c8-9-7(11)3-10-2-6-1-5(10)4-12-6/h5-6H,1-4,8H2,(H,9,11). The number of hydrazine groups is 1. The van der Waals surface area contributed by atoms with Gasteiger partial charge >= 0.3 is 0 Å². The fourth-order valence-corrected chi connectivity index (χ4v) is 3.40. The van der Waals surface area contributed by atoms with Crippen LogP contribution in [0.5, 0.6) is 0 Å². The Morgan fingerprint density at radius 3 is 3.08 bits per heavy atom. The fraction of sp³-hybridized carbons (Fsp3) is 0.857. The maximum absolute atomic E-state index is 11.0. The Morgan fingerprint density at radius 1 is 1.75 bits per heavy atom. The van der Waals surface area contributed by atoms with Crippen molar-refractivity contribution in [2.45, 2.75) is 17.7 Å². The van der Waals surface area contributed by atoms with E-state index < -0.39 is 0 Å². The van der Waals surface area contributed by atoms with E-state index in [0.29, 0.717) is 12.6 Å². The molecule has 1 amide bonds. The van der Waals surface area contributed by atoms with E-state index in [2.05, 4.69) is 10.3 Å². The molecular formula is C7H13N3OS. The number of nitrogens with one attached hydrogen (secondary N) is 1. The zero-order valence-corrected chi connectivity index (χ0v) is 7.64. The van der Waals surface area contributed by atoms with E-state index in [0.717, 1.165) is 11.8 Å². The SMILES string of the molecule is NNC(=O)CN1CC2CC1CS2. The minimum atomic E-state index is -0.0763. The lowest BCUT2D eigenvalue weighted by molar-refractivity contribution is -0.122. The van der Waals surface area contributed by atoms with Gasteiger partial charge in [0, 0.05) is 23.6 Å². The predicted octanol–water partition coefficient (Wildman–Crippen LogP) is -0.834. The smallest absolute Gasteiger partial charge is 0.248 e. The van der Waals surface area contributed by atoms with E-state index in [9.17, 15) is 4.79 Å². The average Bonchev–Trinajstić information content (AvgIpc) is 2.64. The molecule has 68 valence electrons. The number of amides is 1. The fourth-order valence-electron chi connectivity index (χ4n) is 1.90. The molecule has 3 N–H and O–H groups in total. The molecule has 2 unspecified atom stereocenters. The maximum atomic E-state index is 11.0. The van der Waals surface area contributed by atoms with E-state index in [1.54, 1.807) is 0 Å². The minimum Gasteiger partial charge on any atom is -0.293 e. The Kier molecular flexibility index (Phi) is 2.25. The number of hydrogen-bond acceptors (Lipinski definition) is 4. The van der Waals surface area contributed by atoms with Gasteiger partial charge in [-0.05, 0) is 6.42 Å². The molecule has 5 heteroatoms. The van der Waals surface area contributed by atoms with Crippen molar-refractivity contribution in [2.75, 3.05) is 18.8 Å². The minimum absolute atomic E-state index is 0.0763. The summed E-state index contributed by atoms with van der Waals surface area (Å²) in [6.07, 6.45) is 1.25. The zero-order chi connectivity index (χ0) is 8.55. The number of thioether (sulfide) groups is 1. The van der Waals surface area contributed by atoms with Gasteiger partial charge in [0.25, 0.3) is 0 Å². The number of carbonyl (C=O) groups is 1. The van der Waals surface area contributed by atoms with Crippen LogP contribution in [0.2, 0.25) is 0 Å². The van der Waals surface area contributed by atoms with Crippen molar-refractivity contribution >= 4 is 17.7 Å². The van der Waals surface area contributed by atoms with Gasteiger partial charge in [-0.25, -0.2) is 5.84 Å². The molecule has 12 heavy (non-hydrogen) atoms. The van der Waals surface area contributed by atoms with Gasteiger partial charge in [-0.15, -0.1) is 0 Å². The molecule has 2 aliphatic heterocycles. The molecule has 2 heterocycles. The summed E-state index contributed by atoms with van der Waals surface area (Å²) in [5.41, 5.74) is 2.16. The maximum Gasteiger partial charge on any atom is 0.248 e. The van der Waals surface area contributed by atoms with Crippen molar-refractivity contribution in [1.82, 2.24) is 10.3 Å². The molecule has 0 aromatic rings. The number of fused-ring (bicyclic) bond motifs is 2. The number of nitrogens with zero attached hydrogens (tertiary/aromatic N) is 1. The number of likely N-dealkylation sites (tertiary alicyclic amines) is 1. The molecule has 0 aromatic heterocycles. The van der Waals surface area contributed by atoms with Crippen LogP contribution in [0.1, 0.15) is 6.42 Å². The summed E-state index contributed by atoms with van der Waals surface area (Å²) in [5.74, 6) is 6.12. The van der Waals surface area contributed by atoms with Gasteiger partial charge in [0.2, 0.25) is 5.91 Å². The van der Waals surface area contributed by atoms with Gasteiger partial charge < -0.3 is 0 Å². The number of rotatable bonds is 2. The van der Waals surface area contributed by atoms with Crippen LogP contribution in [-0.4, -0.2) is 40.9 Å². The first-order chi connectivity index (χ1) is 5.79. The van der Waals surface area contributed by atoms with Gasteiger partial charge in [0.05, 0.1) is 6.54 Å². The van der Waals surface area contributed by atoms with Crippen LogP contribution in [0.3, 0.4) is 0 Å². The highest BCUT2D eigenvalue weighted by Gasteiger charge is 2.38. The molecule has 4 nitrogen and oxygen atoms in total. The van der Waals surface area contributed by atoms with Crippen LogP contribution in [0.15, 0.2) is 0 Å². The molecule has 0 saturated carbocycles. The molecule has 2 fully saturated rings. The quantitative estimate of drug-likeness (QED) is 0.336. The Hall–Kier alpha value is -0.260. The summed E-state index contributed by atoms with van der Waals surface area (Å²) in [6.45, 7) is 1.53. The van der Waals surface area contributed by atoms with Crippen molar-refractivity contribution in [3.63, 3.8) is 0 Å². The summed E-state index contributed by atoms with van der Waals surface area (Å²) in [6, 6.07) is 0.622. The second-order valence-corrected chi connectivity index (χ2v) is 4.68. The lowest BCUT2D eigenvalue weighted by atomic mass is 10.2. The Balaban J connectivity index is 1.86. The van der Waals surface area contributed by atoms with Crippen LogP contribution in [-0.2, 0) is 4.79 Å². The second-order valence-electron chi connectivity index (χ2n) is 3.34. The Morgan fingerprint density at radius 2 is 2.58 bits per heavy atom. The van der Waals surface area contributed by atoms with Crippen LogP contribution >= 0.6 is 11.8 Å². The van der Waals surface area contributed by atoms with Crippen molar-refractivity contribution in [1.29, 1.82) is 0 Å². The van der Waals surface area contributed by atoms with Gasteiger partial charge in [0.15, 0.2) is 0 Å². The lowest BCUT2D eigenvalue weighted by Crippen LogP contribution is -2.44. The third-order valence-corrected chi connectivity index (χ3v) is 3.91. The number of nitrogens with two attached hydrogens (primary N) is 1.